The molecule has 3 rings (SSSR count). The van der Waals surface area contributed by atoms with Crippen molar-refractivity contribution in [3.63, 3.8) is 0 Å². The fourth-order valence-corrected chi connectivity index (χ4v) is 2.79. The summed E-state index contributed by atoms with van der Waals surface area (Å²) < 4.78 is 10.5. The Bertz CT molecular complexity index is 1230. The van der Waals surface area contributed by atoms with Gasteiger partial charge in [-0.05, 0) is 44.2 Å². The first-order valence-electron chi connectivity index (χ1n) is 8.54. The van der Waals surface area contributed by atoms with E-state index in [1.54, 1.807) is 18.2 Å². The molecule has 0 bridgehead atoms. The number of nitrogens with zero attached hydrogens (tertiary/aromatic N) is 1. The van der Waals surface area contributed by atoms with Gasteiger partial charge < -0.3 is 14.5 Å². The molecule has 0 aliphatic carbocycles. The van der Waals surface area contributed by atoms with E-state index < -0.39 is 18.0 Å². The number of ether oxygens (including phenoxy) is 1. The van der Waals surface area contributed by atoms with Crippen LogP contribution in [0.4, 0.5) is 5.69 Å². The van der Waals surface area contributed by atoms with Gasteiger partial charge in [-0.15, -0.1) is 0 Å². The highest BCUT2D eigenvalue weighted by Crippen LogP contribution is 2.21. The maximum absolute atomic E-state index is 12.3. The summed E-state index contributed by atoms with van der Waals surface area (Å²) in [5.74, 6) is -1.85. The first-order valence-corrected chi connectivity index (χ1v) is 8.92. The molecule has 0 fully saturated rings. The molecule has 0 spiro atoms. The summed E-state index contributed by atoms with van der Waals surface area (Å²) in [5.41, 5.74) is 1.36. The lowest BCUT2D eigenvalue weighted by atomic mass is 10.1. The summed E-state index contributed by atoms with van der Waals surface area (Å²) in [6.45, 7) is 3.21. The smallest absolute Gasteiger partial charge is 0.375 e. The van der Waals surface area contributed by atoms with E-state index in [9.17, 15) is 14.4 Å². The Morgan fingerprint density at radius 2 is 1.97 bits per heavy atom. The summed E-state index contributed by atoms with van der Waals surface area (Å²) in [4.78, 5) is 36.8. The molecule has 8 heteroatoms. The molecule has 1 atom stereocenters. The Morgan fingerprint density at radius 1 is 1.21 bits per heavy atom. The Labute approximate surface area is 170 Å². The number of benzene rings is 2. The molecule has 1 N–H and O–H groups in total. The first-order chi connectivity index (χ1) is 13.8. The zero-order valence-electron chi connectivity index (χ0n) is 15.5. The third-order valence-electron chi connectivity index (χ3n) is 4.09. The van der Waals surface area contributed by atoms with Crippen molar-refractivity contribution in [2.24, 2.45) is 0 Å². The van der Waals surface area contributed by atoms with Crippen molar-refractivity contribution >= 4 is 40.1 Å². The van der Waals surface area contributed by atoms with Gasteiger partial charge >= 0.3 is 5.97 Å². The predicted molar refractivity (Wildman–Crippen MR) is 107 cm³/mol. The number of esters is 1. The zero-order valence-corrected chi connectivity index (χ0v) is 16.2. The minimum Gasteiger partial charge on any atom is -0.449 e. The molecule has 1 amide bonds. The molecule has 3 aromatic rings. The molecule has 7 nitrogen and oxygen atoms in total. The van der Waals surface area contributed by atoms with E-state index >= 15 is 0 Å². The van der Waals surface area contributed by atoms with Crippen LogP contribution in [0.2, 0.25) is 5.02 Å². The molecule has 2 aromatic carbocycles. The van der Waals surface area contributed by atoms with Crippen LogP contribution >= 0.6 is 11.6 Å². The van der Waals surface area contributed by atoms with Gasteiger partial charge in [0.05, 0.1) is 16.0 Å². The lowest BCUT2D eigenvalue weighted by Gasteiger charge is -2.13. The molecule has 0 aliphatic rings. The van der Waals surface area contributed by atoms with Crippen molar-refractivity contribution in [1.29, 1.82) is 5.26 Å². The van der Waals surface area contributed by atoms with Crippen LogP contribution in [-0.4, -0.2) is 18.0 Å². The van der Waals surface area contributed by atoms with Crippen molar-refractivity contribution in [3.8, 4) is 6.07 Å². The van der Waals surface area contributed by atoms with Crippen molar-refractivity contribution < 1.29 is 18.7 Å². The number of hydrogen-bond acceptors (Lipinski definition) is 6. The monoisotopic (exact) mass is 410 g/mol. The molecule has 0 unspecified atom stereocenters. The lowest BCUT2D eigenvalue weighted by molar-refractivity contribution is -0.123. The van der Waals surface area contributed by atoms with Crippen LogP contribution in [0.5, 0.6) is 0 Å². The summed E-state index contributed by atoms with van der Waals surface area (Å²) in [6, 6.07) is 12.3. The van der Waals surface area contributed by atoms with Gasteiger partial charge in [0.25, 0.3) is 5.91 Å². The second-order valence-corrected chi connectivity index (χ2v) is 6.72. The first kappa shape index (κ1) is 20.1. The Balaban J connectivity index is 1.73. The van der Waals surface area contributed by atoms with Crippen LogP contribution in [-0.2, 0) is 9.53 Å². The average molecular weight is 411 g/mol. The third kappa shape index (κ3) is 4.45. The number of rotatable bonds is 4. The number of aryl methyl sites for hydroxylation is 1. The van der Waals surface area contributed by atoms with Crippen LogP contribution in [0.3, 0.4) is 0 Å². The Kier molecular flexibility index (Phi) is 5.66. The largest absolute Gasteiger partial charge is 0.449 e. The minimum absolute atomic E-state index is 0.183. The van der Waals surface area contributed by atoms with Gasteiger partial charge in [0.2, 0.25) is 5.76 Å². The van der Waals surface area contributed by atoms with Crippen LogP contribution in [0.15, 0.2) is 51.7 Å². The van der Waals surface area contributed by atoms with Crippen LogP contribution in [0.1, 0.15) is 28.6 Å². The topological polar surface area (TPSA) is 109 Å². The molecular weight excluding hydrogens is 396 g/mol. The van der Waals surface area contributed by atoms with Gasteiger partial charge in [0.15, 0.2) is 11.5 Å². The number of nitriles is 1. The maximum Gasteiger partial charge on any atom is 0.375 e. The number of anilines is 1. The van der Waals surface area contributed by atoms with E-state index in [4.69, 9.17) is 26.0 Å². The van der Waals surface area contributed by atoms with E-state index in [1.807, 2.05) is 13.0 Å². The number of carbonyl (C=O) groups excluding carboxylic acids is 2. The van der Waals surface area contributed by atoms with Crippen LogP contribution in [0.25, 0.3) is 11.0 Å². The number of carbonyl (C=O) groups is 2. The number of hydrogen-bond donors (Lipinski definition) is 1. The molecule has 0 saturated heterocycles. The number of halogens is 1. The summed E-state index contributed by atoms with van der Waals surface area (Å²) >= 11 is 5.93. The van der Waals surface area contributed by atoms with Crippen molar-refractivity contribution in [2.45, 2.75) is 20.0 Å². The SMILES string of the molecule is Cc1ccc2oc(C(=O)O[C@H](C)C(=O)Nc3ccc(C#N)c(Cl)c3)cc(=O)c2c1. The lowest BCUT2D eigenvalue weighted by Crippen LogP contribution is -2.30. The number of amides is 1. The second-order valence-electron chi connectivity index (χ2n) is 6.32. The Hall–Kier alpha value is -3.63. The van der Waals surface area contributed by atoms with Crippen molar-refractivity contribution in [1.82, 2.24) is 0 Å². The fraction of sp³-hybridized carbons (Fsp3) is 0.143. The quantitative estimate of drug-likeness (QED) is 0.655. The van der Waals surface area contributed by atoms with Crippen molar-refractivity contribution in [2.75, 3.05) is 5.32 Å². The van der Waals surface area contributed by atoms with E-state index in [2.05, 4.69) is 5.32 Å². The number of nitrogens with one attached hydrogen (secondary N) is 1. The molecule has 0 aliphatic heterocycles. The number of fused-ring (bicyclic) bond motifs is 1. The van der Waals surface area contributed by atoms with Crippen LogP contribution in [0, 0.1) is 18.3 Å². The van der Waals surface area contributed by atoms with E-state index in [0.29, 0.717) is 11.1 Å². The van der Waals surface area contributed by atoms with Gasteiger partial charge in [-0.2, -0.15) is 5.26 Å². The Morgan fingerprint density at radius 3 is 2.66 bits per heavy atom. The zero-order chi connectivity index (χ0) is 21.1. The third-order valence-corrected chi connectivity index (χ3v) is 4.41. The van der Waals surface area contributed by atoms with Crippen molar-refractivity contribution in [3.05, 3.63) is 74.6 Å². The molecule has 1 aromatic heterocycles. The molecule has 0 radical (unpaired) electrons. The standard InChI is InChI=1S/C21H15ClN2O5/c1-11-3-6-18-15(7-11)17(25)9-19(29-18)21(27)28-12(2)20(26)24-14-5-4-13(10-23)16(22)8-14/h3-9,12H,1-2H3,(H,24,26)/t12-/m1/s1. The van der Waals surface area contributed by atoms with Gasteiger partial charge in [0, 0.05) is 11.8 Å². The van der Waals surface area contributed by atoms with Gasteiger partial charge in [-0.3, -0.25) is 9.59 Å². The molecule has 1 heterocycles. The van der Waals surface area contributed by atoms with E-state index in [0.717, 1.165) is 11.6 Å². The fourth-order valence-electron chi connectivity index (χ4n) is 2.57. The van der Waals surface area contributed by atoms with Crippen LogP contribution < -0.4 is 10.7 Å². The molecule has 29 heavy (non-hydrogen) atoms. The molecule has 0 saturated carbocycles. The molecule has 146 valence electrons. The van der Waals surface area contributed by atoms with E-state index in [-0.39, 0.29) is 27.4 Å². The van der Waals surface area contributed by atoms with E-state index in [1.165, 1.54) is 25.1 Å². The van der Waals surface area contributed by atoms with Gasteiger partial charge in [0.1, 0.15) is 11.7 Å². The predicted octanol–water partition coefficient (Wildman–Crippen LogP) is 3.81. The highest BCUT2D eigenvalue weighted by Gasteiger charge is 2.22. The summed E-state index contributed by atoms with van der Waals surface area (Å²) in [7, 11) is 0. The van der Waals surface area contributed by atoms with Gasteiger partial charge in [-0.25, -0.2) is 4.79 Å². The van der Waals surface area contributed by atoms with Gasteiger partial charge in [-0.1, -0.05) is 23.2 Å². The summed E-state index contributed by atoms with van der Waals surface area (Å²) in [5, 5.41) is 11.9. The highest BCUT2D eigenvalue weighted by atomic mass is 35.5. The maximum atomic E-state index is 12.3. The second kappa shape index (κ2) is 8.17. The summed E-state index contributed by atoms with van der Waals surface area (Å²) in [6.07, 6.45) is -1.17. The minimum atomic E-state index is -1.17. The normalized spacial score (nSPS) is 11.5. The highest BCUT2D eigenvalue weighted by molar-refractivity contribution is 6.32. The average Bonchev–Trinajstić information content (AvgIpc) is 2.68. The molecular formula is C21H15ClN2O5.